The van der Waals surface area contributed by atoms with Gasteiger partial charge in [-0.25, -0.2) is 0 Å². The predicted molar refractivity (Wildman–Crippen MR) is 80.8 cm³/mol. The molecule has 0 atom stereocenters. The van der Waals surface area contributed by atoms with E-state index in [1.807, 2.05) is 37.3 Å². The molecule has 0 unspecified atom stereocenters. The number of benzene rings is 2. The molecule has 0 amide bonds. The summed E-state index contributed by atoms with van der Waals surface area (Å²) in [6, 6.07) is 14.0. The van der Waals surface area contributed by atoms with E-state index in [2.05, 4.69) is 24.0 Å². The minimum atomic E-state index is 0.300. The van der Waals surface area contributed by atoms with Crippen LogP contribution >= 0.6 is 0 Å². The van der Waals surface area contributed by atoms with Crippen molar-refractivity contribution in [1.82, 2.24) is 0 Å². The minimum Gasteiger partial charge on any atom is -0.481 e. The summed E-state index contributed by atoms with van der Waals surface area (Å²) in [7, 11) is 0. The average molecular weight is 280 g/mol. The third-order valence-corrected chi connectivity index (χ3v) is 3.28. The first-order valence-corrected chi connectivity index (χ1v) is 6.85. The molecule has 0 saturated heterocycles. The van der Waals surface area contributed by atoms with E-state index >= 15 is 0 Å². The molecule has 3 heteroatoms. The van der Waals surface area contributed by atoms with Crippen LogP contribution in [-0.2, 0) is 6.42 Å². The van der Waals surface area contributed by atoms with Crippen molar-refractivity contribution in [2.75, 3.05) is 13.4 Å². The Labute approximate surface area is 124 Å². The van der Waals surface area contributed by atoms with E-state index in [1.54, 1.807) is 0 Å². The molecule has 1 aliphatic rings. The highest BCUT2D eigenvalue weighted by molar-refractivity contribution is 5.47. The van der Waals surface area contributed by atoms with Gasteiger partial charge in [0.25, 0.3) is 0 Å². The lowest BCUT2D eigenvalue weighted by Crippen LogP contribution is -1.98. The van der Waals surface area contributed by atoms with Crippen LogP contribution in [0.4, 0.5) is 0 Å². The summed E-state index contributed by atoms with van der Waals surface area (Å²) in [5.41, 5.74) is 2.30. The number of ether oxygens (including phenoxy) is 3. The van der Waals surface area contributed by atoms with Crippen molar-refractivity contribution >= 4 is 0 Å². The van der Waals surface area contributed by atoms with Gasteiger partial charge in [-0.3, -0.25) is 0 Å². The molecule has 2 aromatic rings. The zero-order chi connectivity index (χ0) is 14.5. The van der Waals surface area contributed by atoms with E-state index in [9.17, 15) is 0 Å². The summed E-state index contributed by atoms with van der Waals surface area (Å²) in [6.45, 7) is 2.52. The van der Waals surface area contributed by atoms with Gasteiger partial charge in [-0.05, 0) is 36.2 Å². The van der Waals surface area contributed by atoms with Gasteiger partial charge in [-0.2, -0.15) is 0 Å². The Hall–Kier alpha value is -2.60. The van der Waals surface area contributed by atoms with Gasteiger partial charge >= 0.3 is 0 Å². The summed E-state index contributed by atoms with van der Waals surface area (Å²) >= 11 is 0. The zero-order valence-electron chi connectivity index (χ0n) is 11.9. The first-order valence-electron chi connectivity index (χ1n) is 6.85. The molecule has 0 bridgehead atoms. The quantitative estimate of drug-likeness (QED) is 0.803. The van der Waals surface area contributed by atoms with Gasteiger partial charge in [0.15, 0.2) is 11.5 Å². The molecule has 0 aliphatic carbocycles. The summed E-state index contributed by atoms with van der Waals surface area (Å²) < 4.78 is 16.5. The Morgan fingerprint density at radius 3 is 2.86 bits per heavy atom. The summed E-state index contributed by atoms with van der Waals surface area (Å²) in [6.07, 6.45) is 0.784. The van der Waals surface area contributed by atoms with E-state index in [-0.39, 0.29) is 0 Å². The fourth-order valence-corrected chi connectivity index (χ4v) is 2.25. The van der Waals surface area contributed by atoms with Gasteiger partial charge in [0.1, 0.15) is 12.4 Å². The molecule has 0 N–H and O–H groups in total. The number of fused-ring (bicyclic) bond motifs is 1. The van der Waals surface area contributed by atoms with Crippen LogP contribution in [0.3, 0.4) is 0 Å². The molecule has 0 aromatic heterocycles. The van der Waals surface area contributed by atoms with E-state index in [0.29, 0.717) is 13.4 Å². The van der Waals surface area contributed by atoms with Gasteiger partial charge in [0.2, 0.25) is 6.79 Å². The molecular formula is C18H16O3. The maximum absolute atomic E-state index is 5.71. The predicted octanol–water partition coefficient (Wildman–Crippen LogP) is 3.41. The molecule has 3 rings (SSSR count). The summed E-state index contributed by atoms with van der Waals surface area (Å²) in [5, 5.41) is 0. The van der Waals surface area contributed by atoms with E-state index in [4.69, 9.17) is 14.2 Å². The van der Waals surface area contributed by atoms with Crippen LogP contribution in [0.5, 0.6) is 17.2 Å². The maximum Gasteiger partial charge on any atom is 0.231 e. The van der Waals surface area contributed by atoms with Crippen LogP contribution in [0, 0.1) is 11.8 Å². The number of hydrogen-bond donors (Lipinski definition) is 0. The lowest BCUT2D eigenvalue weighted by molar-refractivity contribution is 0.174. The lowest BCUT2D eigenvalue weighted by atomic mass is 10.0. The Morgan fingerprint density at radius 2 is 1.95 bits per heavy atom. The van der Waals surface area contributed by atoms with E-state index in [0.717, 1.165) is 34.8 Å². The van der Waals surface area contributed by atoms with Crippen molar-refractivity contribution in [3.8, 4) is 29.1 Å². The Morgan fingerprint density at radius 1 is 1.10 bits per heavy atom. The molecule has 0 spiro atoms. The van der Waals surface area contributed by atoms with Crippen molar-refractivity contribution in [3.05, 3.63) is 53.6 Å². The van der Waals surface area contributed by atoms with E-state index in [1.165, 1.54) is 0 Å². The van der Waals surface area contributed by atoms with Crippen LogP contribution in [0.25, 0.3) is 0 Å². The summed E-state index contributed by atoms with van der Waals surface area (Å²) in [4.78, 5) is 0. The van der Waals surface area contributed by atoms with Crippen molar-refractivity contribution in [1.29, 1.82) is 0 Å². The van der Waals surface area contributed by atoms with Gasteiger partial charge in [-0.15, -0.1) is 5.92 Å². The SMILES string of the molecule is CC#CCOc1ccccc1Cc1ccc2c(c1)OCO2. The Balaban J connectivity index is 1.79. The molecule has 21 heavy (non-hydrogen) atoms. The Bertz CT molecular complexity index is 695. The average Bonchev–Trinajstić information content (AvgIpc) is 2.97. The van der Waals surface area contributed by atoms with Crippen LogP contribution in [0.1, 0.15) is 18.1 Å². The van der Waals surface area contributed by atoms with Gasteiger partial charge in [0, 0.05) is 6.42 Å². The molecule has 3 nitrogen and oxygen atoms in total. The second kappa shape index (κ2) is 6.23. The lowest BCUT2D eigenvalue weighted by Gasteiger charge is -2.10. The fraction of sp³-hybridized carbons (Fsp3) is 0.222. The molecule has 0 saturated carbocycles. The van der Waals surface area contributed by atoms with Crippen LogP contribution in [0.15, 0.2) is 42.5 Å². The van der Waals surface area contributed by atoms with Crippen LogP contribution < -0.4 is 14.2 Å². The smallest absolute Gasteiger partial charge is 0.231 e. The highest BCUT2D eigenvalue weighted by Gasteiger charge is 2.14. The first kappa shape index (κ1) is 13.4. The Kier molecular flexibility index (Phi) is 3.97. The second-order valence-electron chi connectivity index (χ2n) is 4.69. The highest BCUT2D eigenvalue weighted by atomic mass is 16.7. The molecule has 106 valence electrons. The first-order chi connectivity index (χ1) is 10.4. The maximum atomic E-state index is 5.71. The minimum absolute atomic E-state index is 0.300. The van der Waals surface area contributed by atoms with Gasteiger partial charge in [-0.1, -0.05) is 30.2 Å². The highest BCUT2D eigenvalue weighted by Crippen LogP contribution is 2.33. The molecule has 0 fully saturated rings. The number of hydrogen-bond acceptors (Lipinski definition) is 3. The fourth-order valence-electron chi connectivity index (χ4n) is 2.25. The number of rotatable bonds is 4. The third kappa shape index (κ3) is 3.11. The van der Waals surface area contributed by atoms with Crippen molar-refractivity contribution in [2.45, 2.75) is 13.3 Å². The molecule has 2 aromatic carbocycles. The third-order valence-electron chi connectivity index (χ3n) is 3.28. The molecule has 1 aliphatic heterocycles. The van der Waals surface area contributed by atoms with Crippen molar-refractivity contribution in [3.63, 3.8) is 0 Å². The summed E-state index contributed by atoms with van der Waals surface area (Å²) in [5.74, 6) is 8.23. The van der Waals surface area contributed by atoms with Crippen molar-refractivity contribution < 1.29 is 14.2 Å². The van der Waals surface area contributed by atoms with Crippen LogP contribution in [-0.4, -0.2) is 13.4 Å². The number of para-hydroxylation sites is 1. The topological polar surface area (TPSA) is 27.7 Å². The normalized spacial score (nSPS) is 11.7. The monoisotopic (exact) mass is 280 g/mol. The molecule has 0 radical (unpaired) electrons. The van der Waals surface area contributed by atoms with E-state index < -0.39 is 0 Å². The standard InChI is InChI=1S/C18H16O3/c1-2-3-10-19-16-7-5-4-6-15(16)11-14-8-9-17-18(12-14)21-13-20-17/h4-9,12H,10-11,13H2,1H3. The van der Waals surface area contributed by atoms with Crippen LogP contribution in [0.2, 0.25) is 0 Å². The molecular weight excluding hydrogens is 264 g/mol. The largest absolute Gasteiger partial charge is 0.481 e. The second-order valence-corrected chi connectivity index (χ2v) is 4.69. The zero-order valence-corrected chi connectivity index (χ0v) is 11.9. The van der Waals surface area contributed by atoms with Gasteiger partial charge in [0.05, 0.1) is 0 Å². The van der Waals surface area contributed by atoms with Gasteiger partial charge < -0.3 is 14.2 Å². The van der Waals surface area contributed by atoms with Crippen molar-refractivity contribution in [2.24, 2.45) is 0 Å². The molecule has 1 heterocycles.